The number of nitrogens with two attached hydrogens (primary N) is 1. The zero-order chi connectivity index (χ0) is 12.0. The molecule has 0 bridgehead atoms. The zero-order valence-electron chi connectivity index (χ0n) is 9.19. The highest BCUT2D eigenvalue weighted by molar-refractivity contribution is 6.30. The highest BCUT2D eigenvalue weighted by Gasteiger charge is 2.13. The van der Waals surface area contributed by atoms with Crippen LogP contribution in [0.5, 0.6) is 0 Å². The molecule has 0 fully saturated rings. The third-order valence-electron chi connectivity index (χ3n) is 2.10. The lowest BCUT2D eigenvalue weighted by Gasteiger charge is -2.06. The van der Waals surface area contributed by atoms with E-state index in [-0.39, 0.29) is 18.1 Å². The fourth-order valence-corrected chi connectivity index (χ4v) is 1.46. The van der Waals surface area contributed by atoms with Crippen molar-refractivity contribution in [2.75, 3.05) is 18.4 Å². The Bertz CT molecular complexity index is 375. The van der Waals surface area contributed by atoms with E-state index < -0.39 is 4.92 Å². The molecule has 0 aromatic heterocycles. The van der Waals surface area contributed by atoms with Gasteiger partial charge in [0, 0.05) is 17.6 Å². The summed E-state index contributed by atoms with van der Waals surface area (Å²) in [7, 11) is 0. The molecule has 0 aliphatic carbocycles. The van der Waals surface area contributed by atoms with Gasteiger partial charge in [0.05, 0.1) is 4.92 Å². The van der Waals surface area contributed by atoms with Gasteiger partial charge in [-0.05, 0) is 31.5 Å². The molecule has 0 saturated carbocycles. The number of benzene rings is 1. The SMILES string of the molecule is Cl.NCCCCNc1ccc(Cl)cc1[N+](=O)[O-]. The highest BCUT2D eigenvalue weighted by atomic mass is 35.5. The minimum Gasteiger partial charge on any atom is -0.379 e. The molecule has 0 aliphatic rings. The molecule has 0 atom stereocenters. The number of hydrogen-bond donors (Lipinski definition) is 2. The van der Waals surface area contributed by atoms with E-state index in [0.717, 1.165) is 12.8 Å². The summed E-state index contributed by atoms with van der Waals surface area (Å²) in [5.41, 5.74) is 5.84. The lowest BCUT2D eigenvalue weighted by atomic mass is 10.2. The van der Waals surface area contributed by atoms with Crippen molar-refractivity contribution < 1.29 is 4.92 Å². The summed E-state index contributed by atoms with van der Waals surface area (Å²) < 4.78 is 0. The largest absolute Gasteiger partial charge is 0.379 e. The average molecular weight is 280 g/mol. The van der Waals surface area contributed by atoms with Crippen LogP contribution >= 0.6 is 24.0 Å². The monoisotopic (exact) mass is 279 g/mol. The Morgan fingerprint density at radius 3 is 2.71 bits per heavy atom. The lowest BCUT2D eigenvalue weighted by Crippen LogP contribution is -2.07. The van der Waals surface area contributed by atoms with Gasteiger partial charge in [-0.15, -0.1) is 12.4 Å². The second-order valence-corrected chi connectivity index (χ2v) is 3.78. The Morgan fingerprint density at radius 1 is 1.41 bits per heavy atom. The van der Waals surface area contributed by atoms with Crippen molar-refractivity contribution in [3.63, 3.8) is 0 Å². The topological polar surface area (TPSA) is 81.2 Å². The van der Waals surface area contributed by atoms with Crippen LogP contribution in [0.2, 0.25) is 5.02 Å². The predicted octanol–water partition coefficient (Wildman–Crippen LogP) is 2.82. The molecule has 1 aromatic rings. The van der Waals surface area contributed by atoms with Gasteiger partial charge in [-0.1, -0.05) is 11.6 Å². The first-order valence-electron chi connectivity index (χ1n) is 5.03. The predicted molar refractivity (Wildman–Crippen MR) is 72.1 cm³/mol. The third kappa shape index (κ3) is 5.21. The summed E-state index contributed by atoms with van der Waals surface area (Å²) in [4.78, 5) is 10.3. The van der Waals surface area contributed by atoms with E-state index in [1.54, 1.807) is 12.1 Å². The average Bonchev–Trinajstić information content (AvgIpc) is 2.26. The molecule has 0 unspecified atom stereocenters. The standard InChI is InChI=1S/C10H14ClN3O2.ClH/c11-8-3-4-9(10(7-8)14(15)16)13-6-2-1-5-12;/h3-4,7,13H,1-2,5-6,12H2;1H. The van der Waals surface area contributed by atoms with Crippen LogP contribution in [-0.2, 0) is 0 Å². The third-order valence-corrected chi connectivity index (χ3v) is 2.34. The first-order chi connectivity index (χ1) is 7.65. The molecule has 1 rings (SSSR count). The molecule has 0 saturated heterocycles. The number of rotatable bonds is 6. The number of unbranched alkanes of at least 4 members (excludes halogenated alkanes) is 1. The normalized spacial score (nSPS) is 9.53. The molecular formula is C10H15Cl2N3O2. The van der Waals surface area contributed by atoms with Gasteiger partial charge in [0.15, 0.2) is 0 Å². The molecule has 17 heavy (non-hydrogen) atoms. The maximum Gasteiger partial charge on any atom is 0.293 e. The van der Waals surface area contributed by atoms with Crippen molar-refractivity contribution in [2.45, 2.75) is 12.8 Å². The summed E-state index contributed by atoms with van der Waals surface area (Å²) in [5, 5.41) is 14.1. The van der Waals surface area contributed by atoms with Crippen molar-refractivity contribution in [1.82, 2.24) is 0 Å². The second-order valence-electron chi connectivity index (χ2n) is 3.34. The van der Waals surface area contributed by atoms with Crippen LogP contribution in [0.1, 0.15) is 12.8 Å². The van der Waals surface area contributed by atoms with Crippen molar-refractivity contribution in [1.29, 1.82) is 0 Å². The first kappa shape index (κ1) is 16.0. The fraction of sp³-hybridized carbons (Fsp3) is 0.400. The van der Waals surface area contributed by atoms with Gasteiger partial charge < -0.3 is 11.1 Å². The van der Waals surface area contributed by atoms with Crippen LogP contribution in [0, 0.1) is 10.1 Å². The van der Waals surface area contributed by atoms with E-state index in [0.29, 0.717) is 23.8 Å². The molecule has 0 amide bonds. The Kier molecular flexibility index (Phi) is 7.61. The lowest BCUT2D eigenvalue weighted by molar-refractivity contribution is -0.383. The molecule has 3 N–H and O–H groups in total. The van der Waals surface area contributed by atoms with E-state index in [1.807, 2.05) is 0 Å². The Hall–Kier alpha value is -1.04. The summed E-state index contributed by atoms with van der Waals surface area (Å²) in [5.74, 6) is 0. The number of anilines is 1. The molecular weight excluding hydrogens is 265 g/mol. The minimum atomic E-state index is -0.447. The zero-order valence-corrected chi connectivity index (χ0v) is 10.8. The van der Waals surface area contributed by atoms with Crippen LogP contribution in [0.3, 0.4) is 0 Å². The van der Waals surface area contributed by atoms with Crippen molar-refractivity contribution in [2.24, 2.45) is 5.73 Å². The van der Waals surface area contributed by atoms with Gasteiger partial charge in [0.25, 0.3) is 5.69 Å². The molecule has 5 nitrogen and oxygen atoms in total. The Morgan fingerprint density at radius 2 is 2.12 bits per heavy atom. The quantitative estimate of drug-likeness (QED) is 0.477. The number of nitro benzene ring substituents is 1. The van der Waals surface area contributed by atoms with E-state index in [1.165, 1.54) is 6.07 Å². The molecule has 0 radical (unpaired) electrons. The van der Waals surface area contributed by atoms with Crippen LogP contribution in [0.25, 0.3) is 0 Å². The smallest absolute Gasteiger partial charge is 0.293 e. The van der Waals surface area contributed by atoms with E-state index >= 15 is 0 Å². The summed E-state index contributed by atoms with van der Waals surface area (Å²) in [6, 6.07) is 4.58. The number of nitrogens with zero attached hydrogens (tertiary/aromatic N) is 1. The van der Waals surface area contributed by atoms with Gasteiger partial charge >= 0.3 is 0 Å². The van der Waals surface area contributed by atoms with Gasteiger partial charge in [-0.2, -0.15) is 0 Å². The maximum atomic E-state index is 10.7. The Balaban J connectivity index is 0.00000256. The fourth-order valence-electron chi connectivity index (χ4n) is 1.30. The molecule has 0 heterocycles. The number of hydrogen-bond acceptors (Lipinski definition) is 4. The van der Waals surface area contributed by atoms with Crippen LogP contribution in [0.4, 0.5) is 11.4 Å². The van der Waals surface area contributed by atoms with Gasteiger partial charge in [0.1, 0.15) is 5.69 Å². The van der Waals surface area contributed by atoms with Crippen LogP contribution in [0.15, 0.2) is 18.2 Å². The second kappa shape index (κ2) is 8.11. The summed E-state index contributed by atoms with van der Waals surface area (Å²) in [6.45, 7) is 1.30. The van der Waals surface area contributed by atoms with E-state index in [9.17, 15) is 10.1 Å². The molecule has 1 aromatic carbocycles. The maximum absolute atomic E-state index is 10.7. The molecule has 0 spiro atoms. The number of nitro groups is 1. The summed E-state index contributed by atoms with van der Waals surface area (Å²) >= 11 is 5.70. The van der Waals surface area contributed by atoms with Crippen LogP contribution < -0.4 is 11.1 Å². The molecule has 0 aliphatic heterocycles. The number of nitrogens with one attached hydrogen (secondary N) is 1. The van der Waals surface area contributed by atoms with Gasteiger partial charge in [0.2, 0.25) is 0 Å². The highest BCUT2D eigenvalue weighted by Crippen LogP contribution is 2.27. The first-order valence-corrected chi connectivity index (χ1v) is 5.41. The van der Waals surface area contributed by atoms with Gasteiger partial charge in [-0.3, -0.25) is 10.1 Å². The number of halogens is 2. The van der Waals surface area contributed by atoms with E-state index in [4.69, 9.17) is 17.3 Å². The summed E-state index contributed by atoms with van der Waals surface area (Å²) in [6.07, 6.45) is 1.78. The van der Waals surface area contributed by atoms with E-state index in [2.05, 4.69) is 5.32 Å². The molecule has 96 valence electrons. The Labute approximate surface area is 111 Å². The van der Waals surface area contributed by atoms with Gasteiger partial charge in [-0.25, -0.2) is 0 Å². The van der Waals surface area contributed by atoms with Crippen LogP contribution in [-0.4, -0.2) is 18.0 Å². The minimum absolute atomic E-state index is 0. The molecule has 7 heteroatoms. The van der Waals surface area contributed by atoms with Crippen molar-refractivity contribution in [3.8, 4) is 0 Å². The van der Waals surface area contributed by atoms with Crippen molar-refractivity contribution in [3.05, 3.63) is 33.3 Å². The van der Waals surface area contributed by atoms with Crippen molar-refractivity contribution >= 4 is 35.4 Å².